The van der Waals surface area contributed by atoms with Crippen LogP contribution in [-0.4, -0.2) is 47.7 Å². The van der Waals surface area contributed by atoms with Crippen LogP contribution in [0.5, 0.6) is 17.2 Å². The van der Waals surface area contributed by atoms with E-state index in [9.17, 15) is 9.59 Å². The second kappa shape index (κ2) is 23.2. The molecule has 62 heavy (non-hydrogen) atoms. The molecular formula is C52H64O9S. The first-order valence-electron chi connectivity index (χ1n) is 21.9. The van der Waals surface area contributed by atoms with Gasteiger partial charge in [-0.2, -0.15) is 0 Å². The molecule has 0 amide bonds. The number of aryl methyl sites for hydroxylation is 6. The van der Waals surface area contributed by atoms with Gasteiger partial charge in [-0.3, -0.25) is 0 Å². The normalized spacial score (nSPS) is 12.2. The summed E-state index contributed by atoms with van der Waals surface area (Å²) in [6.07, 6.45) is 8.80. The SMILES string of the molecule is CCCCC(CCOc1ccc(OCC(=O)O)c(C)c1)c1oc2cc(C)ccc2c1C.CCCCC(CCSc1ccc(OCC(=O)O)c(C)c1)c1oc2cc(C)ccc2c1C. The van der Waals surface area contributed by atoms with E-state index >= 15 is 0 Å². The third kappa shape index (κ3) is 13.3. The van der Waals surface area contributed by atoms with Gasteiger partial charge in [-0.05, 0) is 155 Å². The van der Waals surface area contributed by atoms with Crippen molar-refractivity contribution in [2.45, 2.75) is 123 Å². The summed E-state index contributed by atoms with van der Waals surface area (Å²) in [7, 11) is 0. The molecule has 0 fully saturated rings. The second-order valence-electron chi connectivity index (χ2n) is 16.4. The summed E-state index contributed by atoms with van der Waals surface area (Å²) in [6, 6.07) is 24.2. The highest BCUT2D eigenvalue weighted by atomic mass is 32.2. The van der Waals surface area contributed by atoms with E-state index in [2.05, 4.69) is 84.0 Å². The monoisotopic (exact) mass is 864 g/mol. The molecule has 0 aliphatic heterocycles. The highest BCUT2D eigenvalue weighted by Crippen LogP contribution is 2.38. The fourth-order valence-corrected chi connectivity index (χ4v) is 8.92. The van der Waals surface area contributed by atoms with Crippen molar-refractivity contribution in [2.24, 2.45) is 0 Å². The number of thioether (sulfide) groups is 1. The molecule has 2 atom stereocenters. The Morgan fingerprint density at radius 3 is 1.58 bits per heavy atom. The average Bonchev–Trinajstić information content (AvgIpc) is 3.73. The molecule has 0 spiro atoms. The second-order valence-corrected chi connectivity index (χ2v) is 17.5. The van der Waals surface area contributed by atoms with Crippen molar-refractivity contribution in [3.05, 3.63) is 118 Å². The molecular weight excluding hydrogens is 801 g/mol. The zero-order chi connectivity index (χ0) is 44.8. The topological polar surface area (TPSA) is 129 Å². The van der Waals surface area contributed by atoms with Gasteiger partial charge in [0.25, 0.3) is 0 Å². The van der Waals surface area contributed by atoms with Gasteiger partial charge < -0.3 is 33.3 Å². The van der Waals surface area contributed by atoms with Gasteiger partial charge in [0.15, 0.2) is 13.2 Å². The predicted molar refractivity (Wildman–Crippen MR) is 250 cm³/mol. The first kappa shape index (κ1) is 47.7. The molecule has 6 aromatic rings. The smallest absolute Gasteiger partial charge is 0.341 e. The number of aliphatic carboxylic acids is 2. The average molecular weight is 865 g/mol. The summed E-state index contributed by atoms with van der Waals surface area (Å²) >= 11 is 1.83. The van der Waals surface area contributed by atoms with Gasteiger partial charge in [-0.25, -0.2) is 9.59 Å². The lowest BCUT2D eigenvalue weighted by Crippen LogP contribution is -2.10. The Morgan fingerprint density at radius 1 is 0.597 bits per heavy atom. The Labute approximate surface area is 371 Å². The zero-order valence-electron chi connectivity index (χ0n) is 37.7. The highest BCUT2D eigenvalue weighted by molar-refractivity contribution is 7.99. The first-order chi connectivity index (χ1) is 29.8. The molecule has 0 radical (unpaired) electrons. The maximum atomic E-state index is 10.7. The minimum atomic E-state index is -0.992. The van der Waals surface area contributed by atoms with E-state index in [1.807, 2.05) is 49.9 Å². The summed E-state index contributed by atoms with van der Waals surface area (Å²) in [5, 5.41) is 20.0. The molecule has 9 nitrogen and oxygen atoms in total. The van der Waals surface area contributed by atoms with E-state index in [1.54, 1.807) is 6.07 Å². The Bertz CT molecular complexity index is 2240. The van der Waals surface area contributed by atoms with Crippen molar-refractivity contribution in [1.29, 1.82) is 0 Å². The van der Waals surface area contributed by atoms with Crippen LogP contribution in [0.15, 0.2) is 86.5 Å². The van der Waals surface area contributed by atoms with Crippen LogP contribution in [0.1, 0.15) is 122 Å². The van der Waals surface area contributed by atoms with Gasteiger partial charge in [0, 0.05) is 27.5 Å². The van der Waals surface area contributed by atoms with E-state index < -0.39 is 11.9 Å². The molecule has 2 unspecified atom stereocenters. The molecule has 0 aliphatic carbocycles. The van der Waals surface area contributed by atoms with Gasteiger partial charge >= 0.3 is 11.9 Å². The third-order valence-corrected chi connectivity index (χ3v) is 12.3. The van der Waals surface area contributed by atoms with Crippen LogP contribution >= 0.6 is 11.8 Å². The van der Waals surface area contributed by atoms with Crippen LogP contribution in [0.4, 0.5) is 0 Å². The van der Waals surface area contributed by atoms with Crippen molar-refractivity contribution in [3.8, 4) is 17.2 Å². The maximum absolute atomic E-state index is 10.7. The van der Waals surface area contributed by atoms with Crippen LogP contribution in [0.25, 0.3) is 21.9 Å². The number of ether oxygens (including phenoxy) is 3. The summed E-state index contributed by atoms with van der Waals surface area (Å²) in [4.78, 5) is 22.6. The van der Waals surface area contributed by atoms with E-state index in [-0.39, 0.29) is 13.2 Å². The zero-order valence-corrected chi connectivity index (χ0v) is 38.5. The number of unbranched alkanes of at least 4 members (excludes halogenated alkanes) is 2. The molecule has 2 heterocycles. The Balaban J connectivity index is 0.000000234. The maximum Gasteiger partial charge on any atom is 0.341 e. The minimum absolute atomic E-state index is 0.312. The highest BCUT2D eigenvalue weighted by Gasteiger charge is 2.22. The fourth-order valence-electron chi connectivity index (χ4n) is 7.86. The lowest BCUT2D eigenvalue weighted by Gasteiger charge is -2.16. The van der Waals surface area contributed by atoms with Crippen molar-refractivity contribution in [1.82, 2.24) is 0 Å². The number of rotatable bonds is 22. The predicted octanol–water partition coefficient (Wildman–Crippen LogP) is 13.8. The number of hydrogen-bond donors (Lipinski definition) is 2. The summed E-state index contributed by atoms with van der Waals surface area (Å²) in [6.45, 7) is 16.7. The largest absolute Gasteiger partial charge is 0.494 e. The molecule has 332 valence electrons. The van der Waals surface area contributed by atoms with Crippen LogP contribution in [0.2, 0.25) is 0 Å². The number of carbonyl (C=O) groups is 2. The Morgan fingerprint density at radius 2 is 1.10 bits per heavy atom. The summed E-state index contributed by atoms with van der Waals surface area (Å²) in [5.41, 5.74) is 8.69. The minimum Gasteiger partial charge on any atom is -0.494 e. The van der Waals surface area contributed by atoms with Gasteiger partial charge in [0.1, 0.15) is 39.9 Å². The number of furan rings is 2. The lowest BCUT2D eigenvalue weighted by molar-refractivity contribution is -0.140. The summed E-state index contributed by atoms with van der Waals surface area (Å²) < 4.78 is 29.3. The van der Waals surface area contributed by atoms with E-state index in [0.29, 0.717) is 29.9 Å². The number of carboxylic acids is 2. The van der Waals surface area contributed by atoms with Crippen molar-refractivity contribution < 1.29 is 42.8 Å². The van der Waals surface area contributed by atoms with E-state index in [4.69, 9.17) is 33.3 Å². The van der Waals surface area contributed by atoms with Crippen LogP contribution in [-0.2, 0) is 9.59 Å². The van der Waals surface area contributed by atoms with Crippen LogP contribution in [0.3, 0.4) is 0 Å². The lowest BCUT2D eigenvalue weighted by atomic mass is 9.93. The third-order valence-electron chi connectivity index (χ3n) is 11.3. The molecule has 4 aromatic carbocycles. The standard InChI is InChI=1S/C26H32O5.C26H32O4S/c1-5-6-7-20(26-19(4)22-10-8-17(2)14-24(22)31-26)12-13-29-21-9-11-23(18(3)15-21)30-16-25(27)28;1-5-6-7-20(26-19(4)22-10-8-17(2)14-24(22)30-26)12-13-31-21-9-11-23(18(3)15-21)29-16-25(27)28/h2*8-11,14-15,20H,5-7,12-13,16H2,1-4H3,(H,27,28). The molecule has 10 heteroatoms. The summed E-state index contributed by atoms with van der Waals surface area (Å²) in [5.74, 6) is 3.93. The number of fused-ring (bicyclic) bond motifs is 2. The molecule has 0 aliphatic rings. The quantitative estimate of drug-likeness (QED) is 0.0636. The van der Waals surface area contributed by atoms with E-state index in [0.717, 1.165) is 83.8 Å². The number of benzene rings is 4. The van der Waals surface area contributed by atoms with Gasteiger partial charge in [-0.1, -0.05) is 63.8 Å². The van der Waals surface area contributed by atoms with Crippen molar-refractivity contribution >= 4 is 45.6 Å². The first-order valence-corrected chi connectivity index (χ1v) is 22.9. The molecule has 0 saturated heterocycles. The van der Waals surface area contributed by atoms with Gasteiger partial charge in [0.2, 0.25) is 0 Å². The molecule has 0 saturated carbocycles. The Kier molecular flexibility index (Phi) is 17.8. The van der Waals surface area contributed by atoms with E-state index in [1.165, 1.54) is 50.8 Å². The van der Waals surface area contributed by atoms with Crippen molar-refractivity contribution in [3.63, 3.8) is 0 Å². The molecule has 6 rings (SSSR count). The fraction of sp³-hybridized carbons (Fsp3) is 0.423. The number of carboxylic acid groups (broad SMARTS) is 2. The molecule has 2 N–H and O–H groups in total. The van der Waals surface area contributed by atoms with Gasteiger partial charge in [0.05, 0.1) is 6.61 Å². The Hall–Kier alpha value is -5.35. The molecule has 2 aromatic heterocycles. The molecule has 0 bridgehead atoms. The van der Waals surface area contributed by atoms with Crippen LogP contribution < -0.4 is 14.2 Å². The number of hydrogen-bond acceptors (Lipinski definition) is 8. The van der Waals surface area contributed by atoms with Crippen LogP contribution in [0, 0.1) is 41.5 Å². The van der Waals surface area contributed by atoms with Crippen molar-refractivity contribution in [2.75, 3.05) is 25.6 Å². The van der Waals surface area contributed by atoms with Gasteiger partial charge in [-0.15, -0.1) is 11.8 Å².